The van der Waals surface area contributed by atoms with Crippen LogP contribution in [-0.2, 0) is 13.1 Å². The van der Waals surface area contributed by atoms with Gasteiger partial charge in [0.05, 0.1) is 23.5 Å². The third-order valence-electron chi connectivity index (χ3n) is 5.57. The van der Waals surface area contributed by atoms with Crippen LogP contribution in [0, 0.1) is 20.8 Å². The van der Waals surface area contributed by atoms with Gasteiger partial charge >= 0.3 is 0 Å². The van der Waals surface area contributed by atoms with Gasteiger partial charge in [0.2, 0.25) is 0 Å². The SMILES string of the molecule is Cc1cc(CN2CCN(C(=O)c3cc(C)n(Cc4ccccn4)c3C)CC2)no1. The average Bonchev–Trinajstić information content (AvgIpc) is 3.26. The molecule has 29 heavy (non-hydrogen) atoms. The predicted octanol–water partition coefficient (Wildman–Crippen LogP) is 2.80. The zero-order valence-electron chi connectivity index (χ0n) is 17.3. The van der Waals surface area contributed by atoms with Crippen LogP contribution >= 0.6 is 0 Å². The standard InChI is InChI=1S/C22H27N5O2/c1-16-12-21(18(3)27(16)15-19-6-4-5-7-23-19)22(28)26-10-8-25(9-11-26)14-20-13-17(2)29-24-20/h4-7,12-13H,8-11,14-15H2,1-3H3. The monoisotopic (exact) mass is 393 g/mol. The molecule has 1 amide bonds. The van der Waals surface area contributed by atoms with Crippen molar-refractivity contribution in [3.05, 3.63) is 70.6 Å². The Labute approximate surface area is 170 Å². The molecular weight excluding hydrogens is 366 g/mol. The molecule has 7 heteroatoms. The van der Waals surface area contributed by atoms with Crippen molar-refractivity contribution in [1.82, 2.24) is 24.5 Å². The smallest absolute Gasteiger partial charge is 0.255 e. The van der Waals surface area contributed by atoms with Gasteiger partial charge in [-0.2, -0.15) is 0 Å². The number of amides is 1. The Morgan fingerprint density at radius 1 is 1.03 bits per heavy atom. The third-order valence-corrected chi connectivity index (χ3v) is 5.57. The molecular formula is C22H27N5O2. The molecule has 0 aliphatic carbocycles. The number of carbonyl (C=O) groups is 1. The minimum absolute atomic E-state index is 0.113. The van der Waals surface area contributed by atoms with E-state index in [9.17, 15) is 4.79 Å². The fraction of sp³-hybridized carbons (Fsp3) is 0.409. The van der Waals surface area contributed by atoms with E-state index in [1.807, 2.05) is 56.0 Å². The Hall–Kier alpha value is -2.93. The second-order valence-electron chi connectivity index (χ2n) is 7.69. The third kappa shape index (κ3) is 4.24. The van der Waals surface area contributed by atoms with Crippen LogP contribution in [0.2, 0.25) is 0 Å². The normalized spacial score (nSPS) is 15.1. The first-order valence-corrected chi connectivity index (χ1v) is 10.0. The molecule has 1 fully saturated rings. The highest BCUT2D eigenvalue weighted by molar-refractivity contribution is 5.95. The molecule has 0 saturated carbocycles. The van der Waals surface area contributed by atoms with Gasteiger partial charge in [0.25, 0.3) is 5.91 Å². The molecule has 0 radical (unpaired) electrons. The van der Waals surface area contributed by atoms with E-state index in [0.29, 0.717) is 6.54 Å². The summed E-state index contributed by atoms with van der Waals surface area (Å²) in [7, 11) is 0. The van der Waals surface area contributed by atoms with Crippen LogP contribution in [0.4, 0.5) is 0 Å². The largest absolute Gasteiger partial charge is 0.361 e. The lowest BCUT2D eigenvalue weighted by molar-refractivity contribution is 0.0625. The fourth-order valence-electron chi connectivity index (χ4n) is 3.92. The summed E-state index contributed by atoms with van der Waals surface area (Å²) in [6.07, 6.45) is 1.80. The zero-order valence-corrected chi connectivity index (χ0v) is 17.3. The fourth-order valence-corrected chi connectivity index (χ4v) is 3.92. The first-order valence-electron chi connectivity index (χ1n) is 10.0. The molecule has 4 heterocycles. The van der Waals surface area contributed by atoms with Crippen LogP contribution in [-0.4, -0.2) is 56.6 Å². The number of hydrogen-bond acceptors (Lipinski definition) is 5. The zero-order chi connectivity index (χ0) is 20.4. The molecule has 1 aliphatic rings. The molecule has 4 rings (SSSR count). The summed E-state index contributed by atoms with van der Waals surface area (Å²) in [6.45, 7) is 10.5. The van der Waals surface area contributed by atoms with Crippen LogP contribution in [0.1, 0.15) is 38.9 Å². The first-order chi connectivity index (χ1) is 14.0. The van der Waals surface area contributed by atoms with E-state index in [4.69, 9.17) is 4.52 Å². The van der Waals surface area contributed by atoms with Crippen LogP contribution < -0.4 is 0 Å². The number of piperazine rings is 1. The number of pyridine rings is 1. The van der Waals surface area contributed by atoms with E-state index in [1.165, 1.54) is 0 Å². The van der Waals surface area contributed by atoms with Crippen molar-refractivity contribution in [2.45, 2.75) is 33.9 Å². The molecule has 0 spiro atoms. The van der Waals surface area contributed by atoms with Gasteiger partial charge in [-0.15, -0.1) is 0 Å². The van der Waals surface area contributed by atoms with Gasteiger partial charge < -0.3 is 14.0 Å². The van der Waals surface area contributed by atoms with Gasteiger partial charge in [0, 0.05) is 56.4 Å². The molecule has 0 bridgehead atoms. The number of carbonyl (C=O) groups excluding carboxylic acids is 1. The van der Waals surface area contributed by atoms with Gasteiger partial charge in [-0.1, -0.05) is 11.2 Å². The number of hydrogen-bond donors (Lipinski definition) is 0. The maximum absolute atomic E-state index is 13.2. The molecule has 0 atom stereocenters. The van der Waals surface area contributed by atoms with Crippen molar-refractivity contribution >= 4 is 5.91 Å². The summed E-state index contributed by atoms with van der Waals surface area (Å²) in [5, 5.41) is 4.06. The molecule has 1 aliphatic heterocycles. The second kappa shape index (κ2) is 8.21. The average molecular weight is 393 g/mol. The summed E-state index contributed by atoms with van der Waals surface area (Å²) < 4.78 is 7.31. The van der Waals surface area contributed by atoms with Crippen LogP contribution in [0.3, 0.4) is 0 Å². The molecule has 0 unspecified atom stereocenters. The summed E-state index contributed by atoms with van der Waals surface area (Å²) in [6, 6.07) is 9.88. The van der Waals surface area contributed by atoms with E-state index in [-0.39, 0.29) is 5.91 Å². The van der Waals surface area contributed by atoms with Crippen LogP contribution in [0.15, 0.2) is 41.1 Å². The van der Waals surface area contributed by atoms with Crippen molar-refractivity contribution in [1.29, 1.82) is 0 Å². The van der Waals surface area contributed by atoms with Crippen molar-refractivity contribution < 1.29 is 9.32 Å². The van der Waals surface area contributed by atoms with E-state index in [0.717, 1.165) is 66.8 Å². The maximum atomic E-state index is 13.2. The lowest BCUT2D eigenvalue weighted by atomic mass is 10.2. The van der Waals surface area contributed by atoms with E-state index < -0.39 is 0 Å². The van der Waals surface area contributed by atoms with Crippen molar-refractivity contribution in [3.8, 4) is 0 Å². The van der Waals surface area contributed by atoms with Crippen LogP contribution in [0.25, 0.3) is 0 Å². The van der Waals surface area contributed by atoms with Gasteiger partial charge in [0.15, 0.2) is 0 Å². The summed E-state index contributed by atoms with van der Waals surface area (Å²) in [4.78, 5) is 21.8. The first kappa shape index (κ1) is 19.4. The van der Waals surface area contributed by atoms with Crippen molar-refractivity contribution in [2.75, 3.05) is 26.2 Å². The Bertz CT molecular complexity index is 984. The van der Waals surface area contributed by atoms with Gasteiger partial charge in [-0.3, -0.25) is 14.7 Å². The van der Waals surface area contributed by atoms with E-state index >= 15 is 0 Å². The lowest BCUT2D eigenvalue weighted by Crippen LogP contribution is -2.48. The highest BCUT2D eigenvalue weighted by Gasteiger charge is 2.25. The predicted molar refractivity (Wildman–Crippen MR) is 110 cm³/mol. The topological polar surface area (TPSA) is 67.4 Å². The quantitative estimate of drug-likeness (QED) is 0.667. The minimum atomic E-state index is 0.113. The number of rotatable bonds is 5. The number of aromatic nitrogens is 3. The summed E-state index contributed by atoms with van der Waals surface area (Å²) in [5.41, 5.74) is 4.81. The molecule has 0 aromatic carbocycles. The Balaban J connectivity index is 1.40. The van der Waals surface area contributed by atoms with Crippen molar-refractivity contribution in [3.63, 3.8) is 0 Å². The number of nitrogens with zero attached hydrogens (tertiary/aromatic N) is 5. The molecule has 3 aromatic rings. The summed E-state index contributed by atoms with van der Waals surface area (Å²) in [5.74, 6) is 0.942. The minimum Gasteiger partial charge on any atom is -0.361 e. The van der Waals surface area contributed by atoms with E-state index in [1.54, 1.807) is 6.20 Å². The molecule has 1 saturated heterocycles. The summed E-state index contributed by atoms with van der Waals surface area (Å²) >= 11 is 0. The molecule has 3 aromatic heterocycles. The van der Waals surface area contributed by atoms with Crippen molar-refractivity contribution in [2.24, 2.45) is 0 Å². The van der Waals surface area contributed by atoms with Gasteiger partial charge in [-0.25, -0.2) is 0 Å². The highest BCUT2D eigenvalue weighted by atomic mass is 16.5. The lowest BCUT2D eigenvalue weighted by Gasteiger charge is -2.34. The second-order valence-corrected chi connectivity index (χ2v) is 7.69. The highest BCUT2D eigenvalue weighted by Crippen LogP contribution is 2.20. The number of aryl methyl sites for hydroxylation is 2. The molecule has 152 valence electrons. The maximum Gasteiger partial charge on any atom is 0.255 e. The molecule has 0 N–H and O–H groups in total. The Morgan fingerprint density at radius 3 is 2.48 bits per heavy atom. The Kier molecular flexibility index (Phi) is 5.49. The Morgan fingerprint density at radius 2 is 1.83 bits per heavy atom. The molecule has 7 nitrogen and oxygen atoms in total. The van der Waals surface area contributed by atoms with E-state index in [2.05, 4.69) is 19.6 Å². The van der Waals surface area contributed by atoms with Gasteiger partial charge in [0.1, 0.15) is 5.76 Å². The van der Waals surface area contributed by atoms with Gasteiger partial charge in [-0.05, 0) is 39.0 Å². The van der Waals surface area contributed by atoms with Crippen LogP contribution in [0.5, 0.6) is 0 Å².